The van der Waals surface area contributed by atoms with E-state index in [0.717, 1.165) is 5.69 Å². The number of aromatic nitrogens is 1. The van der Waals surface area contributed by atoms with Crippen LogP contribution < -0.4 is 0 Å². The minimum atomic E-state index is 0.490. The largest absolute Gasteiger partial charge is 0.250 e. The van der Waals surface area contributed by atoms with Crippen molar-refractivity contribution in [3.8, 4) is 0 Å². The fourth-order valence-electron chi connectivity index (χ4n) is 0.820. The zero-order valence-electron chi connectivity index (χ0n) is 7.40. The molecule has 0 aliphatic rings. The first-order valence-corrected chi connectivity index (χ1v) is 4.96. The summed E-state index contributed by atoms with van der Waals surface area (Å²) in [5.41, 5.74) is 3.00. The number of hydrogen-bond acceptors (Lipinski definition) is 2. The molecule has 0 saturated heterocycles. The smallest absolute Gasteiger partial charge is 0.0793 e. The molecule has 1 aromatic rings. The standard InChI is InChI=1S/C10H13NS/c1-9(2)10-6-4-3-5-7-12-8-11-10/h3-9H,1-2H3. The van der Waals surface area contributed by atoms with Crippen molar-refractivity contribution in [1.29, 1.82) is 0 Å². The molecule has 1 aromatic heterocycles. The van der Waals surface area contributed by atoms with Gasteiger partial charge < -0.3 is 0 Å². The Bertz CT molecular complexity index is 253. The van der Waals surface area contributed by atoms with Crippen molar-refractivity contribution in [3.05, 3.63) is 40.8 Å². The monoisotopic (exact) mass is 179 g/mol. The third kappa shape index (κ3) is 3.01. The molecule has 0 saturated carbocycles. The lowest BCUT2D eigenvalue weighted by Gasteiger charge is -1.98. The Morgan fingerprint density at radius 1 is 1.25 bits per heavy atom. The van der Waals surface area contributed by atoms with Crippen molar-refractivity contribution in [2.24, 2.45) is 0 Å². The third-order valence-corrected chi connectivity index (χ3v) is 2.04. The molecule has 2 heteroatoms. The second kappa shape index (κ2) is 4.88. The summed E-state index contributed by atoms with van der Waals surface area (Å²) in [7, 11) is 0. The van der Waals surface area contributed by atoms with Crippen LogP contribution in [0.15, 0.2) is 35.2 Å². The molecule has 0 aliphatic heterocycles. The normalized spacial score (nSPS) is 9.58. The Labute approximate surface area is 77.4 Å². The molecule has 0 fully saturated rings. The summed E-state index contributed by atoms with van der Waals surface area (Å²) in [6, 6.07) is 8.10. The highest BCUT2D eigenvalue weighted by molar-refractivity contribution is 7.07. The zero-order chi connectivity index (χ0) is 8.81. The summed E-state index contributed by atoms with van der Waals surface area (Å²) in [6.07, 6.45) is 0. The maximum atomic E-state index is 4.34. The summed E-state index contributed by atoms with van der Waals surface area (Å²) in [4.78, 5) is 4.34. The van der Waals surface area contributed by atoms with Crippen molar-refractivity contribution >= 4 is 11.3 Å². The van der Waals surface area contributed by atoms with E-state index in [9.17, 15) is 0 Å². The van der Waals surface area contributed by atoms with Gasteiger partial charge in [0.25, 0.3) is 0 Å². The van der Waals surface area contributed by atoms with Gasteiger partial charge in [0.1, 0.15) is 0 Å². The van der Waals surface area contributed by atoms with Gasteiger partial charge in [0.2, 0.25) is 0 Å². The Morgan fingerprint density at radius 3 is 2.83 bits per heavy atom. The van der Waals surface area contributed by atoms with Crippen LogP contribution in [-0.2, 0) is 0 Å². The van der Waals surface area contributed by atoms with Crippen LogP contribution in [0.3, 0.4) is 0 Å². The average molecular weight is 179 g/mol. The van der Waals surface area contributed by atoms with E-state index in [1.807, 2.05) is 29.1 Å². The molecular weight excluding hydrogens is 166 g/mol. The van der Waals surface area contributed by atoms with Crippen LogP contribution in [0.1, 0.15) is 25.5 Å². The molecule has 0 radical (unpaired) electrons. The second-order valence-corrected chi connectivity index (χ2v) is 3.59. The van der Waals surface area contributed by atoms with Gasteiger partial charge in [-0.3, -0.25) is 4.98 Å². The van der Waals surface area contributed by atoms with E-state index >= 15 is 0 Å². The fraction of sp³-hybridized carbons (Fsp3) is 0.300. The maximum absolute atomic E-state index is 4.34. The lowest BCUT2D eigenvalue weighted by Crippen LogP contribution is -1.86. The lowest BCUT2D eigenvalue weighted by molar-refractivity contribution is 0.827. The molecule has 0 N–H and O–H groups in total. The molecule has 12 heavy (non-hydrogen) atoms. The molecule has 0 bridgehead atoms. The van der Waals surface area contributed by atoms with E-state index in [-0.39, 0.29) is 0 Å². The molecule has 0 aromatic carbocycles. The van der Waals surface area contributed by atoms with Gasteiger partial charge >= 0.3 is 0 Å². The van der Waals surface area contributed by atoms with Crippen molar-refractivity contribution in [1.82, 2.24) is 4.98 Å². The molecule has 0 amide bonds. The highest BCUT2D eigenvalue weighted by Gasteiger charge is 1.94. The van der Waals surface area contributed by atoms with Gasteiger partial charge in [-0.2, -0.15) is 0 Å². The number of hydrogen-bond donors (Lipinski definition) is 0. The quantitative estimate of drug-likeness (QED) is 0.644. The average Bonchev–Trinajstić information content (AvgIpc) is 2.15. The lowest BCUT2D eigenvalue weighted by atomic mass is 10.1. The second-order valence-electron chi connectivity index (χ2n) is 2.83. The van der Waals surface area contributed by atoms with Crippen molar-refractivity contribution in [3.63, 3.8) is 0 Å². The minimum absolute atomic E-state index is 0.490. The predicted octanol–water partition coefficient (Wildman–Crippen LogP) is 3.39. The summed E-state index contributed by atoms with van der Waals surface area (Å²) in [5, 5.41) is 2.01. The predicted molar refractivity (Wildman–Crippen MR) is 53.8 cm³/mol. The molecule has 0 spiro atoms. The van der Waals surface area contributed by atoms with Gasteiger partial charge in [0.05, 0.1) is 5.51 Å². The number of nitrogens with zero attached hydrogens (tertiary/aromatic N) is 1. The van der Waals surface area contributed by atoms with Crippen LogP contribution in [0.25, 0.3) is 0 Å². The molecule has 0 aliphatic carbocycles. The van der Waals surface area contributed by atoms with Gasteiger partial charge in [-0.05, 0) is 17.4 Å². The van der Waals surface area contributed by atoms with E-state index in [1.54, 1.807) is 11.3 Å². The SMILES string of the molecule is CC(C)c1cccccscn1. The van der Waals surface area contributed by atoms with Gasteiger partial charge in [-0.25, -0.2) is 0 Å². The van der Waals surface area contributed by atoms with Gasteiger partial charge in [0.15, 0.2) is 0 Å². The van der Waals surface area contributed by atoms with Crippen molar-refractivity contribution < 1.29 is 0 Å². The molecule has 1 nitrogen and oxygen atoms in total. The van der Waals surface area contributed by atoms with Crippen LogP contribution in [-0.4, -0.2) is 4.98 Å². The highest BCUT2D eigenvalue weighted by Crippen LogP contribution is 2.07. The first kappa shape index (κ1) is 9.20. The van der Waals surface area contributed by atoms with Gasteiger partial charge in [-0.1, -0.05) is 32.0 Å². The van der Waals surface area contributed by atoms with Crippen LogP contribution in [0.4, 0.5) is 0 Å². The third-order valence-electron chi connectivity index (χ3n) is 1.50. The first-order valence-electron chi connectivity index (χ1n) is 4.02. The van der Waals surface area contributed by atoms with Crippen molar-refractivity contribution in [2.75, 3.05) is 0 Å². The van der Waals surface area contributed by atoms with E-state index in [2.05, 4.69) is 24.9 Å². The van der Waals surface area contributed by atoms with Gasteiger partial charge in [0, 0.05) is 5.69 Å². The van der Waals surface area contributed by atoms with Crippen molar-refractivity contribution in [2.45, 2.75) is 19.8 Å². The molecule has 64 valence electrons. The Kier molecular flexibility index (Phi) is 3.74. The summed E-state index contributed by atoms with van der Waals surface area (Å²) < 4.78 is 0. The Hall–Kier alpha value is -0.890. The fourth-order valence-corrected chi connectivity index (χ4v) is 1.25. The number of rotatable bonds is 1. The molecule has 0 atom stereocenters. The van der Waals surface area contributed by atoms with E-state index in [1.165, 1.54) is 0 Å². The van der Waals surface area contributed by atoms with Crippen LogP contribution in [0, 0.1) is 0 Å². The summed E-state index contributed by atoms with van der Waals surface area (Å²) in [5.74, 6) is 0.490. The van der Waals surface area contributed by atoms with E-state index < -0.39 is 0 Å². The Morgan fingerprint density at radius 2 is 2.08 bits per heavy atom. The zero-order valence-corrected chi connectivity index (χ0v) is 8.21. The van der Waals surface area contributed by atoms with Crippen LogP contribution in [0.5, 0.6) is 0 Å². The molecule has 0 unspecified atom stereocenters. The molecular formula is C10H13NS. The Balaban J connectivity index is 3.10. The molecule has 1 rings (SSSR count). The maximum Gasteiger partial charge on any atom is 0.0793 e. The van der Waals surface area contributed by atoms with Crippen LogP contribution in [0.2, 0.25) is 0 Å². The molecule has 1 heterocycles. The highest BCUT2D eigenvalue weighted by atomic mass is 32.1. The topological polar surface area (TPSA) is 12.9 Å². The summed E-state index contributed by atoms with van der Waals surface area (Å²) in [6.45, 7) is 4.29. The summed E-state index contributed by atoms with van der Waals surface area (Å²) >= 11 is 1.60. The minimum Gasteiger partial charge on any atom is -0.250 e. The van der Waals surface area contributed by atoms with E-state index in [4.69, 9.17) is 0 Å². The first-order chi connectivity index (χ1) is 5.80. The van der Waals surface area contributed by atoms with E-state index in [0.29, 0.717) is 5.92 Å². The van der Waals surface area contributed by atoms with Crippen LogP contribution >= 0.6 is 11.3 Å². The van der Waals surface area contributed by atoms with Gasteiger partial charge in [-0.15, -0.1) is 11.3 Å².